The summed E-state index contributed by atoms with van der Waals surface area (Å²) in [4.78, 5) is 21.6. The number of carboxylic acid groups (broad SMARTS) is 1. The summed E-state index contributed by atoms with van der Waals surface area (Å²) in [6.45, 7) is 1.51. The molecule has 0 radical (unpaired) electrons. The number of rotatable bonds is 5. The fourth-order valence-corrected chi connectivity index (χ4v) is 0.746. The summed E-state index contributed by atoms with van der Waals surface area (Å²) in [5.41, 5.74) is 0. The molecule has 0 aliphatic carbocycles. The van der Waals surface area contributed by atoms with Gasteiger partial charge in [0, 0.05) is 7.11 Å². The second-order valence-electron chi connectivity index (χ2n) is 2.81. The van der Waals surface area contributed by atoms with Crippen LogP contribution in [0.3, 0.4) is 0 Å². The first-order valence-electron chi connectivity index (χ1n) is 4.27. The quantitative estimate of drug-likeness (QED) is 0.534. The number of aliphatic carboxylic acids is 1. The molecule has 0 aromatic rings. The molecule has 3 N–H and O–H groups in total. The van der Waals surface area contributed by atoms with E-state index < -0.39 is 24.1 Å². The van der Waals surface area contributed by atoms with Crippen molar-refractivity contribution in [2.45, 2.75) is 19.1 Å². The van der Waals surface area contributed by atoms with Crippen LogP contribution in [0, 0.1) is 12.3 Å². The van der Waals surface area contributed by atoms with Crippen LogP contribution in [0.2, 0.25) is 0 Å². The van der Waals surface area contributed by atoms with E-state index in [0.717, 1.165) is 0 Å². The molecule has 0 aliphatic heterocycles. The molecule has 0 saturated carbocycles. The van der Waals surface area contributed by atoms with Gasteiger partial charge in [-0.3, -0.25) is 0 Å². The number of carbonyl (C=O) groups is 2. The van der Waals surface area contributed by atoms with Gasteiger partial charge in [-0.1, -0.05) is 5.92 Å². The lowest BCUT2D eigenvalue weighted by Gasteiger charge is -2.13. The third kappa shape index (κ3) is 5.54. The molecule has 0 aromatic carbocycles. The molecule has 0 spiro atoms. The Hall–Kier alpha value is -1.74. The summed E-state index contributed by atoms with van der Waals surface area (Å²) in [5.74, 6) is 1.16. The molecule has 2 atom stereocenters. The Morgan fingerprint density at radius 1 is 1.60 bits per heavy atom. The van der Waals surface area contributed by atoms with E-state index in [4.69, 9.17) is 11.5 Å². The van der Waals surface area contributed by atoms with E-state index in [9.17, 15) is 9.59 Å². The first-order chi connectivity index (χ1) is 7.01. The fraction of sp³-hybridized carbons (Fsp3) is 0.556. The van der Waals surface area contributed by atoms with Crippen LogP contribution in [0.4, 0.5) is 4.79 Å². The third-order valence-electron chi connectivity index (χ3n) is 1.61. The maximum atomic E-state index is 11.1. The van der Waals surface area contributed by atoms with Gasteiger partial charge in [-0.25, -0.2) is 9.59 Å². The largest absolute Gasteiger partial charge is 0.479 e. The third-order valence-corrected chi connectivity index (χ3v) is 1.61. The number of amides is 2. The van der Waals surface area contributed by atoms with Gasteiger partial charge in [0.15, 0.2) is 6.10 Å². The van der Waals surface area contributed by atoms with Crippen LogP contribution in [0.1, 0.15) is 6.92 Å². The van der Waals surface area contributed by atoms with E-state index in [1.807, 2.05) is 0 Å². The highest BCUT2D eigenvalue weighted by Gasteiger charge is 2.17. The predicted molar refractivity (Wildman–Crippen MR) is 53.3 cm³/mol. The molecule has 0 fully saturated rings. The molecule has 0 bridgehead atoms. The van der Waals surface area contributed by atoms with Crippen molar-refractivity contribution in [2.24, 2.45) is 0 Å². The van der Waals surface area contributed by atoms with Crippen LogP contribution in [-0.4, -0.2) is 42.9 Å². The molecule has 0 rings (SSSR count). The molecule has 6 nitrogen and oxygen atoms in total. The van der Waals surface area contributed by atoms with Gasteiger partial charge in [0.25, 0.3) is 0 Å². The maximum Gasteiger partial charge on any atom is 0.334 e. The predicted octanol–water partition coefficient (Wildman–Crippen LogP) is -0.593. The maximum absolute atomic E-state index is 11.1. The molecule has 84 valence electrons. The van der Waals surface area contributed by atoms with Crippen LogP contribution in [-0.2, 0) is 9.53 Å². The van der Waals surface area contributed by atoms with Gasteiger partial charge in [-0.15, -0.1) is 6.42 Å². The van der Waals surface area contributed by atoms with Crippen LogP contribution < -0.4 is 10.6 Å². The molecule has 2 unspecified atom stereocenters. The minimum Gasteiger partial charge on any atom is -0.479 e. The lowest BCUT2D eigenvalue weighted by Crippen LogP contribution is -2.45. The zero-order valence-corrected chi connectivity index (χ0v) is 8.61. The highest BCUT2D eigenvalue weighted by molar-refractivity contribution is 5.77. The Balaban J connectivity index is 3.90. The van der Waals surface area contributed by atoms with E-state index in [0.29, 0.717) is 0 Å². The first kappa shape index (κ1) is 13.3. The van der Waals surface area contributed by atoms with Crippen molar-refractivity contribution in [3.8, 4) is 12.3 Å². The number of methoxy groups -OCH3 is 1. The van der Waals surface area contributed by atoms with Crippen LogP contribution in [0.25, 0.3) is 0 Å². The van der Waals surface area contributed by atoms with Gasteiger partial charge < -0.3 is 20.5 Å². The summed E-state index contributed by atoms with van der Waals surface area (Å²) in [5, 5.41) is 13.3. The van der Waals surface area contributed by atoms with Crippen molar-refractivity contribution in [2.75, 3.05) is 13.7 Å². The molecular formula is C9H14N2O4. The minimum absolute atomic E-state index is 0.116. The summed E-state index contributed by atoms with van der Waals surface area (Å²) in [6, 6.07) is -0.931. The topological polar surface area (TPSA) is 87.7 Å². The van der Waals surface area contributed by atoms with Crippen LogP contribution >= 0.6 is 0 Å². The van der Waals surface area contributed by atoms with Crippen molar-refractivity contribution < 1.29 is 19.4 Å². The molecule has 2 amide bonds. The highest BCUT2D eigenvalue weighted by atomic mass is 16.5. The number of carbonyl (C=O) groups excluding carboxylic acids is 1. The second kappa shape index (κ2) is 6.68. The Kier molecular flexibility index (Phi) is 5.90. The molecule has 0 aliphatic rings. The zero-order chi connectivity index (χ0) is 11.8. The number of carboxylic acids is 1. The molecule has 0 heterocycles. The minimum atomic E-state index is -1.14. The Morgan fingerprint density at radius 2 is 2.20 bits per heavy atom. The lowest BCUT2D eigenvalue weighted by atomic mass is 10.3. The average Bonchev–Trinajstić information content (AvgIpc) is 2.17. The standard InChI is InChI=1S/C9H14N2O4/c1-4-6(2)11-9(14)10-5-7(15-3)8(12)13/h1,6-7H,5H2,2-3H3,(H,12,13)(H2,10,11,14). The van der Waals surface area contributed by atoms with Gasteiger partial charge in [0.05, 0.1) is 12.6 Å². The van der Waals surface area contributed by atoms with Crippen molar-refractivity contribution >= 4 is 12.0 Å². The van der Waals surface area contributed by atoms with E-state index in [-0.39, 0.29) is 6.54 Å². The van der Waals surface area contributed by atoms with E-state index in [1.165, 1.54) is 7.11 Å². The molecule has 0 saturated heterocycles. The van der Waals surface area contributed by atoms with Gasteiger partial charge in [-0.2, -0.15) is 0 Å². The van der Waals surface area contributed by atoms with E-state index >= 15 is 0 Å². The van der Waals surface area contributed by atoms with Crippen LogP contribution in [0.5, 0.6) is 0 Å². The summed E-state index contributed by atoms with van der Waals surface area (Å²) in [7, 11) is 1.25. The summed E-state index contributed by atoms with van der Waals surface area (Å²) in [6.07, 6.45) is 3.98. The van der Waals surface area contributed by atoms with Gasteiger partial charge >= 0.3 is 12.0 Å². The van der Waals surface area contributed by atoms with Crippen molar-refractivity contribution in [1.29, 1.82) is 0 Å². The Bertz CT molecular complexity index is 272. The molecular weight excluding hydrogens is 200 g/mol. The summed E-state index contributed by atoms with van der Waals surface area (Å²) >= 11 is 0. The molecule has 0 aromatic heterocycles. The monoisotopic (exact) mass is 214 g/mol. The molecule has 15 heavy (non-hydrogen) atoms. The molecule has 6 heteroatoms. The first-order valence-corrected chi connectivity index (χ1v) is 4.27. The zero-order valence-electron chi connectivity index (χ0n) is 8.61. The summed E-state index contributed by atoms with van der Waals surface area (Å²) < 4.78 is 4.61. The van der Waals surface area contributed by atoms with E-state index in [2.05, 4.69) is 21.3 Å². The Labute approximate surface area is 88.0 Å². The van der Waals surface area contributed by atoms with Gasteiger partial charge in [0.2, 0.25) is 0 Å². The van der Waals surface area contributed by atoms with E-state index in [1.54, 1.807) is 6.92 Å². The SMILES string of the molecule is C#CC(C)NC(=O)NCC(OC)C(=O)O. The normalized spacial score (nSPS) is 13.4. The van der Waals surface area contributed by atoms with Crippen LogP contribution in [0.15, 0.2) is 0 Å². The van der Waals surface area contributed by atoms with Crippen molar-refractivity contribution in [1.82, 2.24) is 10.6 Å². The number of urea groups is 1. The van der Waals surface area contributed by atoms with Crippen molar-refractivity contribution in [3.63, 3.8) is 0 Å². The highest BCUT2D eigenvalue weighted by Crippen LogP contribution is 1.87. The number of ether oxygens (including phenoxy) is 1. The average molecular weight is 214 g/mol. The lowest BCUT2D eigenvalue weighted by molar-refractivity contribution is -0.147. The number of nitrogens with one attached hydrogen (secondary N) is 2. The number of hydrogen-bond donors (Lipinski definition) is 3. The number of hydrogen-bond acceptors (Lipinski definition) is 3. The van der Waals surface area contributed by atoms with Gasteiger partial charge in [-0.05, 0) is 6.92 Å². The second-order valence-corrected chi connectivity index (χ2v) is 2.81. The Morgan fingerprint density at radius 3 is 2.60 bits per heavy atom. The smallest absolute Gasteiger partial charge is 0.334 e. The number of terminal acetylenes is 1. The van der Waals surface area contributed by atoms with Crippen molar-refractivity contribution in [3.05, 3.63) is 0 Å². The fourth-order valence-electron chi connectivity index (χ4n) is 0.746. The van der Waals surface area contributed by atoms with Gasteiger partial charge in [0.1, 0.15) is 0 Å².